The largest absolute Gasteiger partial charge is 0.478 e. The Hall–Kier alpha value is -1.35. The lowest BCUT2D eigenvalue weighted by atomic mass is 9.95. The quantitative estimate of drug-likeness (QED) is 0.914. The van der Waals surface area contributed by atoms with E-state index in [0.29, 0.717) is 5.56 Å². The molecule has 21 heavy (non-hydrogen) atoms. The third-order valence-corrected chi connectivity index (χ3v) is 5.32. The molecule has 3 heteroatoms. The number of hydrogen-bond donors (Lipinski definition) is 1. The molecule has 0 radical (unpaired) electrons. The van der Waals surface area contributed by atoms with Gasteiger partial charge in [0, 0.05) is 12.6 Å². The minimum Gasteiger partial charge on any atom is -0.478 e. The standard InChI is InChI=1S/C18H25NO2/c1-13-11-15(18(20)21)8-9-16(13)12-19-10-4-7-17(19)14-5-2-3-6-14/h8-9,11,14,17H,2-7,10,12H2,1H3,(H,20,21). The number of carbonyl (C=O) groups is 1. The third-order valence-electron chi connectivity index (χ3n) is 5.32. The first kappa shape index (κ1) is 14.6. The van der Waals surface area contributed by atoms with Crippen molar-refractivity contribution in [2.24, 2.45) is 5.92 Å². The summed E-state index contributed by atoms with van der Waals surface area (Å²) in [4.78, 5) is 13.7. The number of benzene rings is 1. The van der Waals surface area contributed by atoms with Crippen LogP contribution in [0.4, 0.5) is 0 Å². The van der Waals surface area contributed by atoms with Gasteiger partial charge in [0.1, 0.15) is 0 Å². The van der Waals surface area contributed by atoms with E-state index in [4.69, 9.17) is 5.11 Å². The van der Waals surface area contributed by atoms with Gasteiger partial charge in [-0.25, -0.2) is 4.79 Å². The van der Waals surface area contributed by atoms with Crippen molar-refractivity contribution in [3.8, 4) is 0 Å². The Morgan fingerprint density at radius 3 is 2.67 bits per heavy atom. The van der Waals surface area contributed by atoms with Crippen molar-refractivity contribution in [2.75, 3.05) is 6.54 Å². The van der Waals surface area contributed by atoms with Crippen molar-refractivity contribution >= 4 is 5.97 Å². The van der Waals surface area contributed by atoms with Gasteiger partial charge in [0.2, 0.25) is 0 Å². The lowest BCUT2D eigenvalue weighted by Gasteiger charge is -2.30. The lowest BCUT2D eigenvalue weighted by molar-refractivity contribution is 0.0696. The minimum absolute atomic E-state index is 0.394. The van der Waals surface area contributed by atoms with E-state index in [1.165, 1.54) is 50.6 Å². The number of nitrogens with zero attached hydrogens (tertiary/aromatic N) is 1. The van der Waals surface area contributed by atoms with E-state index in [1.807, 2.05) is 13.0 Å². The number of carboxylic acid groups (broad SMARTS) is 1. The Balaban J connectivity index is 1.71. The number of hydrogen-bond acceptors (Lipinski definition) is 2. The molecule has 0 spiro atoms. The summed E-state index contributed by atoms with van der Waals surface area (Å²) in [6.07, 6.45) is 8.27. The van der Waals surface area contributed by atoms with E-state index in [2.05, 4.69) is 4.90 Å². The summed E-state index contributed by atoms with van der Waals surface area (Å²) in [5, 5.41) is 9.06. The van der Waals surface area contributed by atoms with Gasteiger partial charge in [0.05, 0.1) is 5.56 Å². The van der Waals surface area contributed by atoms with Crippen LogP contribution >= 0.6 is 0 Å². The van der Waals surface area contributed by atoms with Crippen LogP contribution in [0.2, 0.25) is 0 Å². The maximum atomic E-state index is 11.0. The molecule has 3 rings (SSSR count). The molecule has 1 aromatic rings. The predicted molar refractivity (Wildman–Crippen MR) is 83.5 cm³/mol. The van der Waals surface area contributed by atoms with E-state index in [9.17, 15) is 4.79 Å². The van der Waals surface area contributed by atoms with E-state index in [0.717, 1.165) is 24.1 Å². The zero-order chi connectivity index (χ0) is 14.8. The van der Waals surface area contributed by atoms with Crippen molar-refractivity contribution in [1.29, 1.82) is 0 Å². The van der Waals surface area contributed by atoms with E-state index in [1.54, 1.807) is 12.1 Å². The van der Waals surface area contributed by atoms with Gasteiger partial charge in [-0.3, -0.25) is 4.90 Å². The van der Waals surface area contributed by atoms with Gasteiger partial charge in [-0.05, 0) is 68.3 Å². The molecule has 1 aliphatic carbocycles. The number of rotatable bonds is 4. The molecule has 2 fully saturated rings. The highest BCUT2D eigenvalue weighted by atomic mass is 16.4. The molecule has 0 amide bonds. The molecule has 114 valence electrons. The Morgan fingerprint density at radius 2 is 2.00 bits per heavy atom. The molecular formula is C18H25NO2. The average molecular weight is 287 g/mol. The average Bonchev–Trinajstić information content (AvgIpc) is 3.11. The van der Waals surface area contributed by atoms with E-state index in [-0.39, 0.29) is 0 Å². The molecule has 1 N–H and O–H groups in total. The number of likely N-dealkylation sites (tertiary alicyclic amines) is 1. The van der Waals surface area contributed by atoms with Crippen LogP contribution in [0.15, 0.2) is 18.2 Å². The van der Waals surface area contributed by atoms with Crippen molar-refractivity contribution in [3.63, 3.8) is 0 Å². The molecule has 2 aliphatic rings. The fourth-order valence-electron chi connectivity index (χ4n) is 4.15. The molecule has 1 atom stereocenters. The first-order valence-corrected chi connectivity index (χ1v) is 8.22. The topological polar surface area (TPSA) is 40.5 Å². The maximum absolute atomic E-state index is 11.0. The van der Waals surface area contributed by atoms with Crippen LogP contribution < -0.4 is 0 Å². The number of aromatic carboxylic acids is 1. The van der Waals surface area contributed by atoms with Crippen LogP contribution in [0.25, 0.3) is 0 Å². The van der Waals surface area contributed by atoms with Crippen molar-refractivity contribution < 1.29 is 9.90 Å². The zero-order valence-electron chi connectivity index (χ0n) is 12.8. The highest BCUT2D eigenvalue weighted by Gasteiger charge is 2.33. The monoisotopic (exact) mass is 287 g/mol. The number of carboxylic acids is 1. The van der Waals surface area contributed by atoms with Crippen LogP contribution in [0.5, 0.6) is 0 Å². The van der Waals surface area contributed by atoms with E-state index >= 15 is 0 Å². The minimum atomic E-state index is -0.838. The van der Waals surface area contributed by atoms with E-state index < -0.39 is 5.97 Å². The van der Waals surface area contributed by atoms with Gasteiger partial charge in [-0.2, -0.15) is 0 Å². The summed E-state index contributed by atoms with van der Waals surface area (Å²) < 4.78 is 0. The van der Waals surface area contributed by atoms with Crippen LogP contribution in [-0.4, -0.2) is 28.6 Å². The Morgan fingerprint density at radius 1 is 1.24 bits per heavy atom. The van der Waals surface area contributed by atoms with Crippen molar-refractivity contribution in [2.45, 2.75) is 58.0 Å². The predicted octanol–water partition coefficient (Wildman–Crippen LogP) is 3.85. The summed E-state index contributed by atoms with van der Waals surface area (Å²) in [6.45, 7) is 4.20. The molecule has 1 unspecified atom stereocenters. The van der Waals surface area contributed by atoms with Crippen LogP contribution in [0, 0.1) is 12.8 Å². The van der Waals surface area contributed by atoms with Gasteiger partial charge in [0.25, 0.3) is 0 Å². The zero-order valence-corrected chi connectivity index (χ0v) is 12.8. The van der Waals surface area contributed by atoms with Crippen LogP contribution in [-0.2, 0) is 6.54 Å². The van der Waals surface area contributed by atoms with Gasteiger partial charge < -0.3 is 5.11 Å². The molecule has 0 bridgehead atoms. The second-order valence-electron chi connectivity index (χ2n) is 6.67. The Kier molecular flexibility index (Phi) is 4.29. The van der Waals surface area contributed by atoms with Crippen LogP contribution in [0.1, 0.15) is 60.0 Å². The summed E-state index contributed by atoms with van der Waals surface area (Å²) >= 11 is 0. The Bertz CT molecular complexity index is 520. The maximum Gasteiger partial charge on any atom is 0.335 e. The summed E-state index contributed by atoms with van der Waals surface area (Å²) in [5.74, 6) is 0.0563. The van der Waals surface area contributed by atoms with Gasteiger partial charge >= 0.3 is 5.97 Å². The first-order chi connectivity index (χ1) is 10.1. The Labute approximate surface area is 127 Å². The number of aryl methyl sites for hydroxylation is 1. The first-order valence-electron chi connectivity index (χ1n) is 8.22. The highest BCUT2D eigenvalue weighted by Crippen LogP contribution is 2.36. The second-order valence-corrected chi connectivity index (χ2v) is 6.67. The molecule has 1 heterocycles. The summed E-state index contributed by atoms with van der Waals surface area (Å²) in [7, 11) is 0. The lowest BCUT2D eigenvalue weighted by Crippen LogP contribution is -2.34. The highest BCUT2D eigenvalue weighted by molar-refractivity contribution is 5.87. The van der Waals surface area contributed by atoms with Gasteiger partial charge in [-0.1, -0.05) is 18.9 Å². The SMILES string of the molecule is Cc1cc(C(=O)O)ccc1CN1CCCC1C1CCCC1. The molecule has 1 saturated heterocycles. The van der Waals surface area contributed by atoms with Gasteiger partial charge in [-0.15, -0.1) is 0 Å². The molecular weight excluding hydrogens is 262 g/mol. The smallest absolute Gasteiger partial charge is 0.335 e. The van der Waals surface area contributed by atoms with Gasteiger partial charge in [0.15, 0.2) is 0 Å². The van der Waals surface area contributed by atoms with Crippen molar-refractivity contribution in [3.05, 3.63) is 34.9 Å². The molecule has 1 aromatic carbocycles. The molecule has 0 aromatic heterocycles. The second kappa shape index (κ2) is 6.18. The van der Waals surface area contributed by atoms with Crippen molar-refractivity contribution in [1.82, 2.24) is 4.90 Å². The van der Waals surface area contributed by atoms with Crippen LogP contribution in [0.3, 0.4) is 0 Å². The fraction of sp³-hybridized carbons (Fsp3) is 0.611. The third kappa shape index (κ3) is 3.13. The molecule has 1 saturated carbocycles. The normalized spacial score (nSPS) is 23.8. The molecule has 3 nitrogen and oxygen atoms in total. The fourth-order valence-corrected chi connectivity index (χ4v) is 4.15. The summed E-state index contributed by atoms with van der Waals surface area (Å²) in [5.41, 5.74) is 2.78. The summed E-state index contributed by atoms with van der Waals surface area (Å²) in [6, 6.07) is 6.30. The molecule has 1 aliphatic heterocycles.